The standard InChI is InChI=1S/C20H23N3O2S3/c1-12(17(24)21-13-7-4-3-5-8-13)28-20-22-18-16(19(25)23(20)2)14(11-27-18)15-9-6-10-26-15/h6,9-13H,3-5,7-8H2,1-2H3,(H,21,24). The molecule has 0 radical (unpaired) electrons. The largest absolute Gasteiger partial charge is 0.352 e. The number of carbonyl (C=O) groups excluding carboxylic acids is 1. The van der Waals surface area contributed by atoms with Crippen LogP contribution >= 0.6 is 34.4 Å². The Balaban J connectivity index is 1.56. The molecule has 3 heterocycles. The second-order valence-electron chi connectivity index (χ2n) is 7.17. The van der Waals surface area contributed by atoms with Crippen LogP contribution in [-0.2, 0) is 11.8 Å². The van der Waals surface area contributed by atoms with E-state index >= 15 is 0 Å². The molecule has 3 aromatic heterocycles. The Kier molecular flexibility index (Phi) is 5.89. The fourth-order valence-electron chi connectivity index (χ4n) is 3.55. The maximum absolute atomic E-state index is 13.0. The number of carbonyl (C=O) groups is 1. The van der Waals surface area contributed by atoms with Crippen molar-refractivity contribution < 1.29 is 4.79 Å². The molecule has 1 aliphatic rings. The number of nitrogens with zero attached hydrogens (tertiary/aromatic N) is 2. The van der Waals surface area contributed by atoms with Crippen molar-refractivity contribution in [2.75, 3.05) is 0 Å². The van der Waals surface area contributed by atoms with Gasteiger partial charge in [-0.3, -0.25) is 14.2 Å². The topological polar surface area (TPSA) is 64.0 Å². The molecule has 1 atom stereocenters. The SMILES string of the molecule is CC(Sc1nc2scc(-c3cccs3)c2c(=O)n1C)C(=O)NC1CCCCC1. The van der Waals surface area contributed by atoms with Gasteiger partial charge in [0.1, 0.15) is 4.83 Å². The third-order valence-corrected chi connectivity index (χ3v) is 8.08. The van der Waals surface area contributed by atoms with E-state index in [4.69, 9.17) is 4.98 Å². The van der Waals surface area contributed by atoms with Gasteiger partial charge >= 0.3 is 0 Å². The predicted molar refractivity (Wildman–Crippen MR) is 119 cm³/mol. The molecule has 0 aromatic carbocycles. The molecule has 3 aromatic rings. The number of rotatable bonds is 5. The average molecular weight is 434 g/mol. The fourth-order valence-corrected chi connectivity index (χ4v) is 6.23. The summed E-state index contributed by atoms with van der Waals surface area (Å²) >= 11 is 4.45. The first-order valence-corrected chi connectivity index (χ1v) is 12.2. The van der Waals surface area contributed by atoms with Crippen LogP contribution in [0.5, 0.6) is 0 Å². The summed E-state index contributed by atoms with van der Waals surface area (Å²) < 4.78 is 1.57. The van der Waals surface area contributed by atoms with Crippen LogP contribution in [-0.4, -0.2) is 26.8 Å². The van der Waals surface area contributed by atoms with Crippen LogP contribution in [0.1, 0.15) is 39.0 Å². The minimum atomic E-state index is -0.297. The van der Waals surface area contributed by atoms with Crippen molar-refractivity contribution in [1.82, 2.24) is 14.9 Å². The Hall–Kier alpha value is -1.64. The zero-order valence-electron chi connectivity index (χ0n) is 15.9. The van der Waals surface area contributed by atoms with Crippen molar-refractivity contribution in [3.63, 3.8) is 0 Å². The molecule has 0 spiro atoms. The molecule has 28 heavy (non-hydrogen) atoms. The molecule has 1 fully saturated rings. The minimum Gasteiger partial charge on any atom is -0.352 e. The lowest BCUT2D eigenvalue weighted by Crippen LogP contribution is -2.40. The lowest BCUT2D eigenvalue weighted by molar-refractivity contribution is -0.121. The third-order valence-electron chi connectivity index (χ3n) is 5.16. The summed E-state index contributed by atoms with van der Waals surface area (Å²) in [7, 11) is 1.73. The molecule has 0 saturated heterocycles. The molecule has 1 aliphatic carbocycles. The van der Waals surface area contributed by atoms with Gasteiger partial charge in [-0.2, -0.15) is 0 Å². The molecule has 0 bridgehead atoms. The number of hydrogen-bond donors (Lipinski definition) is 1. The van der Waals surface area contributed by atoms with Crippen molar-refractivity contribution in [3.8, 4) is 10.4 Å². The van der Waals surface area contributed by atoms with Gasteiger partial charge in [0.25, 0.3) is 5.56 Å². The van der Waals surface area contributed by atoms with Crippen molar-refractivity contribution >= 4 is 50.6 Å². The van der Waals surface area contributed by atoms with Gasteiger partial charge in [-0.1, -0.05) is 37.1 Å². The molecule has 4 rings (SSSR count). The maximum Gasteiger partial charge on any atom is 0.263 e. The highest BCUT2D eigenvalue weighted by atomic mass is 32.2. The van der Waals surface area contributed by atoms with Crippen molar-refractivity contribution in [1.29, 1.82) is 0 Å². The molecule has 0 aliphatic heterocycles. The van der Waals surface area contributed by atoms with Crippen LogP contribution in [0.15, 0.2) is 32.8 Å². The normalized spacial score (nSPS) is 16.4. The van der Waals surface area contributed by atoms with Crippen LogP contribution in [0.2, 0.25) is 0 Å². The molecule has 8 heteroatoms. The number of nitrogens with one attached hydrogen (secondary N) is 1. The molecular formula is C20H23N3O2S3. The second kappa shape index (κ2) is 8.39. The molecule has 1 saturated carbocycles. The van der Waals surface area contributed by atoms with Gasteiger partial charge in [-0.05, 0) is 31.2 Å². The Labute approximate surface area is 176 Å². The summed E-state index contributed by atoms with van der Waals surface area (Å²) in [5.41, 5.74) is 0.889. The predicted octanol–water partition coefficient (Wildman–Crippen LogP) is 4.65. The van der Waals surface area contributed by atoms with E-state index in [1.807, 2.05) is 29.8 Å². The highest BCUT2D eigenvalue weighted by Crippen LogP contribution is 2.34. The van der Waals surface area contributed by atoms with Crippen molar-refractivity contribution in [2.45, 2.75) is 55.5 Å². The Bertz CT molecular complexity index is 1030. The maximum atomic E-state index is 13.0. The van der Waals surface area contributed by atoms with E-state index in [-0.39, 0.29) is 22.8 Å². The lowest BCUT2D eigenvalue weighted by Gasteiger charge is -2.24. The first kappa shape index (κ1) is 19.7. The Morgan fingerprint density at radius 2 is 2.11 bits per heavy atom. The summed E-state index contributed by atoms with van der Waals surface area (Å²) in [5.74, 6) is 0.0247. The second-order valence-corrected chi connectivity index (χ2v) is 10.3. The third kappa shape index (κ3) is 3.90. The Morgan fingerprint density at radius 3 is 2.82 bits per heavy atom. The smallest absolute Gasteiger partial charge is 0.263 e. The fraction of sp³-hybridized carbons (Fsp3) is 0.450. The summed E-state index contributed by atoms with van der Waals surface area (Å²) in [4.78, 5) is 32.1. The first-order valence-electron chi connectivity index (χ1n) is 9.53. The van der Waals surface area contributed by atoms with Crippen LogP contribution in [0.3, 0.4) is 0 Å². The number of fused-ring (bicyclic) bond motifs is 1. The molecule has 5 nitrogen and oxygen atoms in total. The van der Waals surface area contributed by atoms with Crippen LogP contribution in [0.4, 0.5) is 0 Å². The van der Waals surface area contributed by atoms with Crippen LogP contribution in [0.25, 0.3) is 20.7 Å². The van der Waals surface area contributed by atoms with E-state index in [9.17, 15) is 9.59 Å². The summed E-state index contributed by atoms with van der Waals surface area (Å²) in [5, 5.41) is 8.12. The van der Waals surface area contributed by atoms with Gasteiger partial charge in [-0.25, -0.2) is 4.98 Å². The van der Waals surface area contributed by atoms with Crippen LogP contribution < -0.4 is 10.9 Å². The first-order chi connectivity index (χ1) is 13.5. The van der Waals surface area contributed by atoms with Gasteiger partial charge in [-0.15, -0.1) is 22.7 Å². The summed E-state index contributed by atoms with van der Waals surface area (Å²) in [6, 6.07) is 4.29. The number of thiophene rings is 2. The summed E-state index contributed by atoms with van der Waals surface area (Å²) in [6.45, 7) is 1.88. The van der Waals surface area contributed by atoms with Gasteiger partial charge in [0.05, 0.1) is 10.6 Å². The van der Waals surface area contributed by atoms with E-state index in [1.54, 1.807) is 23.0 Å². The minimum absolute atomic E-state index is 0.0247. The van der Waals surface area contributed by atoms with Gasteiger partial charge in [0, 0.05) is 28.9 Å². The quantitative estimate of drug-likeness (QED) is 0.470. The van der Waals surface area contributed by atoms with E-state index in [0.717, 1.165) is 28.1 Å². The molecular weight excluding hydrogens is 410 g/mol. The lowest BCUT2D eigenvalue weighted by atomic mass is 9.95. The number of aromatic nitrogens is 2. The zero-order valence-corrected chi connectivity index (χ0v) is 18.4. The molecule has 148 valence electrons. The van der Waals surface area contributed by atoms with E-state index in [0.29, 0.717) is 10.5 Å². The Morgan fingerprint density at radius 1 is 1.32 bits per heavy atom. The van der Waals surface area contributed by atoms with E-state index in [1.165, 1.54) is 42.4 Å². The van der Waals surface area contributed by atoms with Gasteiger partial charge < -0.3 is 5.32 Å². The molecule has 1 unspecified atom stereocenters. The summed E-state index contributed by atoms with van der Waals surface area (Å²) in [6.07, 6.45) is 5.75. The zero-order chi connectivity index (χ0) is 19.7. The monoisotopic (exact) mass is 433 g/mol. The van der Waals surface area contributed by atoms with Crippen LogP contribution in [0, 0.1) is 0 Å². The average Bonchev–Trinajstić information content (AvgIpc) is 3.36. The van der Waals surface area contributed by atoms with Crippen molar-refractivity contribution in [2.24, 2.45) is 7.05 Å². The highest BCUT2D eigenvalue weighted by molar-refractivity contribution is 8.00. The number of thioether (sulfide) groups is 1. The van der Waals surface area contributed by atoms with Crippen molar-refractivity contribution in [3.05, 3.63) is 33.2 Å². The molecule has 1 N–H and O–H groups in total. The van der Waals surface area contributed by atoms with E-state index in [2.05, 4.69) is 5.32 Å². The van der Waals surface area contributed by atoms with Gasteiger partial charge in [0.2, 0.25) is 5.91 Å². The highest BCUT2D eigenvalue weighted by Gasteiger charge is 2.23. The number of amides is 1. The molecule has 1 amide bonds. The van der Waals surface area contributed by atoms with Gasteiger partial charge in [0.15, 0.2) is 5.16 Å². The van der Waals surface area contributed by atoms with E-state index < -0.39 is 0 Å². The number of hydrogen-bond acceptors (Lipinski definition) is 6.